The van der Waals surface area contributed by atoms with E-state index in [0.717, 1.165) is 6.42 Å². The van der Waals surface area contributed by atoms with Crippen molar-refractivity contribution < 1.29 is 22.4 Å². The Labute approximate surface area is 159 Å². The van der Waals surface area contributed by atoms with E-state index in [1.807, 2.05) is 24.3 Å². The van der Waals surface area contributed by atoms with Gasteiger partial charge in [-0.3, -0.25) is 12.2 Å². The van der Waals surface area contributed by atoms with Crippen molar-refractivity contribution in [3.8, 4) is 0 Å². The fourth-order valence-corrected chi connectivity index (χ4v) is 3.00. The topological polar surface area (TPSA) is 0 Å². The van der Waals surface area contributed by atoms with Crippen LogP contribution in [0.25, 0.3) is 0 Å². The summed E-state index contributed by atoms with van der Waals surface area (Å²) in [6.07, 6.45) is 19.8. The van der Waals surface area contributed by atoms with Gasteiger partial charge >= 0.3 is 0 Å². The average molecular weight is 489 g/mol. The SMILES string of the molecule is [Au].[C-]1=CC=CC1c1[c-]c(Cc2[c-]c(C3[C-]=CC=C3)ccc2)ccc1. The van der Waals surface area contributed by atoms with Gasteiger partial charge in [0, 0.05) is 22.4 Å². The van der Waals surface area contributed by atoms with Crippen molar-refractivity contribution in [2.45, 2.75) is 18.3 Å². The molecule has 0 saturated heterocycles. The summed E-state index contributed by atoms with van der Waals surface area (Å²) in [5.74, 6) is 0.488. The first-order valence-corrected chi connectivity index (χ1v) is 7.93. The maximum absolute atomic E-state index is 3.53. The molecule has 0 nitrogen and oxygen atoms in total. The third-order valence-electron chi connectivity index (χ3n) is 4.16. The van der Waals surface area contributed by atoms with Crippen LogP contribution in [0, 0.1) is 24.3 Å². The average Bonchev–Trinajstić information content (AvgIpc) is 3.29. The third-order valence-corrected chi connectivity index (χ3v) is 4.16. The number of hydrogen-bond acceptors (Lipinski definition) is 0. The molecule has 0 saturated carbocycles. The van der Waals surface area contributed by atoms with E-state index < -0.39 is 0 Å². The van der Waals surface area contributed by atoms with E-state index >= 15 is 0 Å². The van der Waals surface area contributed by atoms with Gasteiger partial charge in [0.05, 0.1) is 0 Å². The fourth-order valence-electron chi connectivity index (χ4n) is 3.00. The molecule has 2 aromatic carbocycles. The molecular weight excluding hydrogens is 473 g/mol. The van der Waals surface area contributed by atoms with Crippen LogP contribution in [-0.4, -0.2) is 0 Å². The van der Waals surface area contributed by atoms with Gasteiger partial charge in [-0.2, -0.15) is 82.9 Å². The molecule has 2 unspecified atom stereocenters. The molecule has 0 fully saturated rings. The van der Waals surface area contributed by atoms with Gasteiger partial charge in [0.25, 0.3) is 0 Å². The normalized spacial score (nSPS) is 20.5. The molecule has 0 spiro atoms. The maximum Gasteiger partial charge on any atom is 0 e. The van der Waals surface area contributed by atoms with E-state index in [-0.39, 0.29) is 34.2 Å². The van der Waals surface area contributed by atoms with Crippen LogP contribution in [0.15, 0.2) is 72.9 Å². The van der Waals surface area contributed by atoms with Crippen molar-refractivity contribution in [2.75, 3.05) is 0 Å². The Morgan fingerprint density at radius 3 is 1.62 bits per heavy atom. The van der Waals surface area contributed by atoms with Crippen LogP contribution in [0.1, 0.15) is 34.1 Å². The molecule has 24 heavy (non-hydrogen) atoms. The molecule has 2 aliphatic carbocycles. The minimum Gasteiger partial charge on any atom is -0.267 e. The van der Waals surface area contributed by atoms with Crippen LogP contribution < -0.4 is 0 Å². The first-order valence-electron chi connectivity index (χ1n) is 7.93. The van der Waals surface area contributed by atoms with Crippen LogP contribution in [0.2, 0.25) is 0 Å². The molecule has 1 radical (unpaired) electrons. The van der Waals surface area contributed by atoms with Crippen molar-refractivity contribution in [1.82, 2.24) is 0 Å². The van der Waals surface area contributed by atoms with Crippen LogP contribution >= 0.6 is 0 Å². The minimum atomic E-state index is 0. The number of allylic oxidation sites excluding steroid dienone is 8. The van der Waals surface area contributed by atoms with Crippen LogP contribution in [0.4, 0.5) is 0 Å². The molecule has 4 rings (SSSR count). The van der Waals surface area contributed by atoms with Crippen molar-refractivity contribution in [3.63, 3.8) is 0 Å². The monoisotopic (exact) mass is 489 g/mol. The van der Waals surface area contributed by atoms with Crippen molar-refractivity contribution in [2.24, 2.45) is 0 Å². The zero-order chi connectivity index (χ0) is 15.5. The Morgan fingerprint density at radius 1 is 0.708 bits per heavy atom. The number of rotatable bonds is 4. The molecule has 0 aromatic heterocycles. The standard InChI is InChI=1S/C23H16.Au/c1-2-10-20(9-1)22-13-5-7-18(16-22)15-19-8-6-14-23(17-19)21-11-3-4-12-21;/h1-9,11,13-14,20-21H,15H2;/q-4;. The molecule has 2 aliphatic rings. The van der Waals surface area contributed by atoms with Gasteiger partial charge < -0.3 is 0 Å². The van der Waals surface area contributed by atoms with E-state index in [2.05, 4.69) is 72.8 Å². The van der Waals surface area contributed by atoms with E-state index in [1.165, 1.54) is 22.3 Å². The molecule has 0 aliphatic heterocycles. The van der Waals surface area contributed by atoms with E-state index in [9.17, 15) is 0 Å². The fraction of sp³-hybridized carbons (Fsp3) is 0.130. The first-order chi connectivity index (χ1) is 11.4. The second-order valence-corrected chi connectivity index (χ2v) is 5.83. The number of hydrogen-bond donors (Lipinski definition) is 0. The summed E-state index contributed by atoms with van der Waals surface area (Å²) in [6.45, 7) is 0. The smallest absolute Gasteiger partial charge is 0 e. The summed E-state index contributed by atoms with van der Waals surface area (Å²) in [5, 5.41) is 0. The van der Waals surface area contributed by atoms with Gasteiger partial charge in [0.15, 0.2) is 0 Å². The van der Waals surface area contributed by atoms with Gasteiger partial charge in [-0.15, -0.1) is 0 Å². The Balaban J connectivity index is 0.00000169. The third kappa shape index (κ3) is 3.79. The van der Waals surface area contributed by atoms with Crippen molar-refractivity contribution >= 4 is 0 Å². The second-order valence-electron chi connectivity index (χ2n) is 5.83. The molecule has 123 valence electrons. The zero-order valence-electron chi connectivity index (χ0n) is 13.1. The van der Waals surface area contributed by atoms with Crippen LogP contribution in [-0.2, 0) is 28.8 Å². The molecule has 2 atom stereocenters. The summed E-state index contributed by atoms with van der Waals surface area (Å²) in [7, 11) is 0. The van der Waals surface area contributed by atoms with E-state index in [4.69, 9.17) is 0 Å². The van der Waals surface area contributed by atoms with Gasteiger partial charge in [0.2, 0.25) is 0 Å². The van der Waals surface area contributed by atoms with E-state index in [1.54, 1.807) is 0 Å². The molecular formula is C23H16Au-4. The van der Waals surface area contributed by atoms with Crippen molar-refractivity contribution in [1.29, 1.82) is 0 Å². The summed E-state index contributed by atoms with van der Waals surface area (Å²) < 4.78 is 0. The van der Waals surface area contributed by atoms with Crippen molar-refractivity contribution in [3.05, 3.63) is 119 Å². The predicted octanol–water partition coefficient (Wildman–Crippen LogP) is 4.90. The predicted molar refractivity (Wildman–Crippen MR) is 92.8 cm³/mol. The summed E-state index contributed by atoms with van der Waals surface area (Å²) >= 11 is 0. The molecule has 0 bridgehead atoms. The quantitative estimate of drug-likeness (QED) is 0.424. The maximum atomic E-state index is 3.53. The minimum absolute atomic E-state index is 0. The molecule has 0 N–H and O–H groups in total. The van der Waals surface area contributed by atoms with Crippen LogP contribution in [0.3, 0.4) is 0 Å². The van der Waals surface area contributed by atoms with Gasteiger partial charge in [0.1, 0.15) is 0 Å². The summed E-state index contributed by atoms with van der Waals surface area (Å²) in [5.41, 5.74) is 4.75. The second kappa shape index (κ2) is 7.81. The Morgan fingerprint density at radius 2 is 1.21 bits per heavy atom. The Bertz CT molecular complexity index is 730. The summed E-state index contributed by atoms with van der Waals surface area (Å²) in [6, 6.07) is 19.8. The zero-order valence-corrected chi connectivity index (χ0v) is 15.3. The Kier molecular flexibility index (Phi) is 5.52. The summed E-state index contributed by atoms with van der Waals surface area (Å²) in [4.78, 5) is 0. The number of benzene rings is 2. The van der Waals surface area contributed by atoms with Gasteiger partial charge in [-0.1, -0.05) is 11.8 Å². The van der Waals surface area contributed by atoms with Crippen LogP contribution in [0.5, 0.6) is 0 Å². The first kappa shape index (κ1) is 17.0. The molecule has 0 amide bonds. The largest absolute Gasteiger partial charge is 0.267 e. The molecule has 2 aromatic rings. The molecule has 0 heterocycles. The van der Waals surface area contributed by atoms with Gasteiger partial charge in [-0.05, 0) is 6.42 Å². The van der Waals surface area contributed by atoms with Gasteiger partial charge in [-0.25, -0.2) is 24.3 Å². The van der Waals surface area contributed by atoms with E-state index in [0.29, 0.717) is 0 Å². The Hall–Kier alpha value is -1.86. The molecule has 1 heteroatoms.